The van der Waals surface area contributed by atoms with Gasteiger partial charge in [-0.05, 0) is 37.8 Å². The lowest BCUT2D eigenvalue weighted by atomic mass is 10.2. The third-order valence-corrected chi connectivity index (χ3v) is 5.76. The van der Waals surface area contributed by atoms with Crippen molar-refractivity contribution in [2.45, 2.75) is 45.2 Å². The van der Waals surface area contributed by atoms with Crippen molar-refractivity contribution in [1.29, 1.82) is 0 Å². The van der Waals surface area contributed by atoms with Crippen LogP contribution in [0.4, 0.5) is 0 Å². The minimum atomic E-state index is 0.0865. The molecule has 3 heterocycles. The van der Waals surface area contributed by atoms with Crippen molar-refractivity contribution in [2.75, 3.05) is 20.1 Å². The summed E-state index contributed by atoms with van der Waals surface area (Å²) in [5.74, 6) is 1.50. The quantitative estimate of drug-likeness (QED) is 0.803. The fourth-order valence-electron chi connectivity index (χ4n) is 3.08. The van der Waals surface area contributed by atoms with E-state index < -0.39 is 0 Å². The summed E-state index contributed by atoms with van der Waals surface area (Å²) < 4.78 is 5.23. The standard InChI is InChI=1S/C17H24N4O2S/c1-4-15-18-17(19-23-15)13-7-5-9-21(13)11-16(22)20(3)12(2)14-8-6-10-24-14/h6,8,10,12-13H,4-5,7,9,11H2,1-3H3/t12-,13-/m0/s1. The zero-order valence-corrected chi connectivity index (χ0v) is 15.3. The van der Waals surface area contributed by atoms with Crippen LogP contribution in [0.25, 0.3) is 0 Å². The molecule has 6 nitrogen and oxygen atoms in total. The molecule has 24 heavy (non-hydrogen) atoms. The molecule has 0 spiro atoms. The van der Waals surface area contributed by atoms with Crippen LogP contribution in [0.15, 0.2) is 22.0 Å². The van der Waals surface area contributed by atoms with E-state index in [9.17, 15) is 4.79 Å². The monoisotopic (exact) mass is 348 g/mol. The summed E-state index contributed by atoms with van der Waals surface area (Å²) in [5.41, 5.74) is 0. The van der Waals surface area contributed by atoms with E-state index in [0.717, 1.165) is 25.8 Å². The molecule has 0 unspecified atom stereocenters. The molecule has 0 N–H and O–H groups in total. The molecule has 0 radical (unpaired) electrons. The van der Waals surface area contributed by atoms with Crippen LogP contribution in [-0.2, 0) is 11.2 Å². The highest BCUT2D eigenvalue weighted by Gasteiger charge is 2.32. The number of hydrogen-bond acceptors (Lipinski definition) is 6. The highest BCUT2D eigenvalue weighted by atomic mass is 32.1. The number of amides is 1. The molecule has 1 fully saturated rings. The van der Waals surface area contributed by atoms with Crippen LogP contribution in [0.3, 0.4) is 0 Å². The number of aryl methyl sites for hydroxylation is 1. The van der Waals surface area contributed by atoms with Crippen LogP contribution >= 0.6 is 11.3 Å². The van der Waals surface area contributed by atoms with Crippen LogP contribution in [0, 0.1) is 0 Å². The van der Waals surface area contributed by atoms with Crippen molar-refractivity contribution in [3.8, 4) is 0 Å². The van der Waals surface area contributed by atoms with Gasteiger partial charge >= 0.3 is 0 Å². The Morgan fingerprint density at radius 3 is 3.08 bits per heavy atom. The first kappa shape index (κ1) is 17.1. The summed E-state index contributed by atoms with van der Waals surface area (Å²) in [6.45, 7) is 5.35. The van der Waals surface area contributed by atoms with Gasteiger partial charge in [0.15, 0.2) is 5.82 Å². The van der Waals surface area contributed by atoms with Crippen LogP contribution < -0.4 is 0 Å². The molecular formula is C17H24N4O2S. The predicted molar refractivity (Wildman–Crippen MR) is 92.7 cm³/mol. The smallest absolute Gasteiger partial charge is 0.237 e. The molecule has 1 aliphatic rings. The van der Waals surface area contributed by atoms with Crippen molar-refractivity contribution >= 4 is 17.2 Å². The molecule has 2 aromatic rings. The summed E-state index contributed by atoms with van der Waals surface area (Å²) in [6.07, 6.45) is 2.76. The SMILES string of the molecule is CCc1nc([C@@H]2CCCN2CC(=O)N(C)[C@@H](C)c2cccs2)no1. The molecule has 0 aromatic carbocycles. The molecule has 0 saturated carbocycles. The first-order valence-corrected chi connectivity index (χ1v) is 9.33. The maximum atomic E-state index is 12.7. The molecule has 1 aliphatic heterocycles. The van der Waals surface area contributed by atoms with Crippen molar-refractivity contribution in [3.05, 3.63) is 34.1 Å². The van der Waals surface area contributed by atoms with Crippen LogP contribution in [-0.4, -0.2) is 46.0 Å². The second kappa shape index (κ2) is 7.44. The molecule has 0 aliphatic carbocycles. The van der Waals surface area contributed by atoms with E-state index in [1.54, 1.807) is 11.3 Å². The number of aromatic nitrogens is 2. The number of carbonyl (C=O) groups is 1. The average Bonchev–Trinajstić information content (AvgIpc) is 3.33. The third kappa shape index (κ3) is 3.52. The Morgan fingerprint density at radius 1 is 1.58 bits per heavy atom. The Morgan fingerprint density at radius 2 is 2.42 bits per heavy atom. The first-order valence-electron chi connectivity index (χ1n) is 8.45. The fourth-order valence-corrected chi connectivity index (χ4v) is 3.90. The lowest BCUT2D eigenvalue weighted by molar-refractivity contribution is -0.133. The van der Waals surface area contributed by atoms with Gasteiger partial charge in [-0.3, -0.25) is 9.69 Å². The van der Waals surface area contributed by atoms with Gasteiger partial charge in [0.1, 0.15) is 0 Å². The summed E-state index contributed by atoms with van der Waals surface area (Å²) in [6, 6.07) is 4.27. The highest BCUT2D eigenvalue weighted by molar-refractivity contribution is 7.10. The molecule has 7 heteroatoms. The normalized spacial score (nSPS) is 19.5. The van der Waals surface area contributed by atoms with Gasteiger partial charge in [0.25, 0.3) is 0 Å². The second-order valence-corrected chi connectivity index (χ2v) is 7.20. The lowest BCUT2D eigenvalue weighted by Crippen LogP contribution is -2.39. The van der Waals surface area contributed by atoms with Crippen LogP contribution in [0.2, 0.25) is 0 Å². The predicted octanol–water partition coefficient (Wildman–Crippen LogP) is 3.05. The molecule has 130 valence electrons. The number of thiophene rings is 1. The van der Waals surface area contributed by atoms with Crippen molar-refractivity contribution < 1.29 is 9.32 Å². The minimum absolute atomic E-state index is 0.0865. The number of nitrogens with zero attached hydrogens (tertiary/aromatic N) is 4. The van der Waals surface area contributed by atoms with Crippen LogP contribution in [0.1, 0.15) is 55.4 Å². The van der Waals surface area contributed by atoms with Crippen molar-refractivity contribution in [3.63, 3.8) is 0 Å². The zero-order chi connectivity index (χ0) is 17.1. The molecule has 1 amide bonds. The average molecular weight is 348 g/mol. The van der Waals surface area contributed by atoms with E-state index in [1.165, 1.54) is 4.88 Å². The molecule has 2 atom stereocenters. The Balaban J connectivity index is 1.64. The lowest BCUT2D eigenvalue weighted by Gasteiger charge is -2.28. The molecule has 0 bridgehead atoms. The van der Waals surface area contributed by atoms with Gasteiger partial charge in [0.05, 0.1) is 18.6 Å². The summed E-state index contributed by atoms with van der Waals surface area (Å²) in [5, 5.41) is 6.14. The molecule has 2 aromatic heterocycles. The maximum Gasteiger partial charge on any atom is 0.237 e. The molecule has 1 saturated heterocycles. The van der Waals surface area contributed by atoms with E-state index in [0.29, 0.717) is 18.3 Å². The van der Waals surface area contributed by atoms with Gasteiger partial charge in [0.2, 0.25) is 11.8 Å². The molecular weight excluding hydrogens is 324 g/mol. The number of likely N-dealkylation sites (tertiary alicyclic amines) is 1. The van der Waals surface area contributed by atoms with Gasteiger partial charge in [0, 0.05) is 18.3 Å². The number of carbonyl (C=O) groups excluding carboxylic acids is 1. The van der Waals surface area contributed by atoms with Gasteiger partial charge in [-0.2, -0.15) is 4.98 Å². The number of rotatable bonds is 6. The van der Waals surface area contributed by atoms with Gasteiger partial charge in [-0.25, -0.2) is 0 Å². The zero-order valence-electron chi connectivity index (χ0n) is 14.4. The number of hydrogen-bond donors (Lipinski definition) is 0. The maximum absolute atomic E-state index is 12.7. The van der Waals surface area contributed by atoms with Crippen molar-refractivity contribution in [1.82, 2.24) is 19.9 Å². The molecule has 3 rings (SSSR count). The topological polar surface area (TPSA) is 62.5 Å². The highest BCUT2D eigenvalue weighted by Crippen LogP contribution is 2.30. The van der Waals surface area contributed by atoms with E-state index in [-0.39, 0.29) is 18.0 Å². The van der Waals surface area contributed by atoms with E-state index in [1.807, 2.05) is 30.3 Å². The Hall–Kier alpha value is -1.73. The summed E-state index contributed by atoms with van der Waals surface area (Å²) >= 11 is 1.68. The Kier molecular flexibility index (Phi) is 5.30. The van der Waals surface area contributed by atoms with Crippen molar-refractivity contribution in [2.24, 2.45) is 0 Å². The van der Waals surface area contributed by atoms with Gasteiger partial charge in [-0.1, -0.05) is 18.1 Å². The summed E-state index contributed by atoms with van der Waals surface area (Å²) in [4.78, 5) is 22.3. The Bertz CT molecular complexity index is 670. The summed E-state index contributed by atoms with van der Waals surface area (Å²) in [7, 11) is 1.88. The third-order valence-electron chi connectivity index (χ3n) is 4.72. The fraction of sp³-hybridized carbons (Fsp3) is 0.588. The first-order chi connectivity index (χ1) is 11.6. The second-order valence-electron chi connectivity index (χ2n) is 6.22. The van der Waals surface area contributed by atoms with Gasteiger partial charge < -0.3 is 9.42 Å². The van der Waals surface area contributed by atoms with E-state index >= 15 is 0 Å². The Labute approximate surface area is 146 Å². The van der Waals surface area contributed by atoms with E-state index in [4.69, 9.17) is 4.52 Å². The van der Waals surface area contributed by atoms with Crippen LogP contribution in [0.5, 0.6) is 0 Å². The van der Waals surface area contributed by atoms with Gasteiger partial charge in [-0.15, -0.1) is 11.3 Å². The largest absolute Gasteiger partial charge is 0.339 e. The van der Waals surface area contributed by atoms with E-state index in [2.05, 4.69) is 28.0 Å². The number of likely N-dealkylation sites (N-methyl/N-ethyl adjacent to an activating group) is 1. The minimum Gasteiger partial charge on any atom is -0.339 e.